The molecule has 2 amide bonds. The molecule has 2 aliphatic rings. The lowest BCUT2D eigenvalue weighted by atomic mass is 9.84. The van der Waals surface area contributed by atoms with E-state index in [1.54, 1.807) is 31.4 Å². The van der Waals surface area contributed by atoms with Gasteiger partial charge in [0, 0.05) is 42.1 Å². The number of halogens is 2. The molecule has 0 spiro atoms. The van der Waals surface area contributed by atoms with Crippen molar-refractivity contribution in [3.05, 3.63) is 70.5 Å². The van der Waals surface area contributed by atoms with Gasteiger partial charge in [-0.15, -0.1) is 0 Å². The quantitative estimate of drug-likeness (QED) is 0.572. The number of nitrogens with zero attached hydrogens (tertiary/aromatic N) is 3. The van der Waals surface area contributed by atoms with E-state index in [0.29, 0.717) is 41.4 Å². The van der Waals surface area contributed by atoms with Gasteiger partial charge in [-0.25, -0.2) is 9.40 Å². The molecular formula is C25H27ClFN3O3. The molecule has 0 bridgehead atoms. The first-order chi connectivity index (χ1) is 16.0. The maximum Gasteiger partial charge on any atom is 0.262 e. The molecule has 1 aliphatic heterocycles. The van der Waals surface area contributed by atoms with Crippen LogP contribution in [-0.2, 0) is 14.3 Å². The first-order valence-corrected chi connectivity index (χ1v) is 11.5. The van der Waals surface area contributed by atoms with Crippen molar-refractivity contribution >= 4 is 29.1 Å². The summed E-state index contributed by atoms with van der Waals surface area (Å²) in [5, 5.41) is 6.39. The third-order valence-corrected chi connectivity index (χ3v) is 6.60. The highest BCUT2D eigenvalue weighted by atomic mass is 35.5. The van der Waals surface area contributed by atoms with Gasteiger partial charge in [0.2, 0.25) is 5.91 Å². The number of ether oxygens (including phenoxy) is 1. The Bertz CT molecular complexity index is 1060. The van der Waals surface area contributed by atoms with Crippen molar-refractivity contribution in [1.82, 2.24) is 9.91 Å². The van der Waals surface area contributed by atoms with E-state index < -0.39 is 11.9 Å². The van der Waals surface area contributed by atoms with Gasteiger partial charge in [0.15, 0.2) is 0 Å². The van der Waals surface area contributed by atoms with Gasteiger partial charge >= 0.3 is 0 Å². The van der Waals surface area contributed by atoms with Crippen molar-refractivity contribution in [2.75, 3.05) is 26.8 Å². The Kier molecular flexibility index (Phi) is 7.40. The summed E-state index contributed by atoms with van der Waals surface area (Å²) in [6, 6.07) is 13.0. The van der Waals surface area contributed by atoms with E-state index in [4.69, 9.17) is 16.3 Å². The molecule has 0 aromatic heterocycles. The Hall–Kier alpha value is -2.77. The van der Waals surface area contributed by atoms with Crippen molar-refractivity contribution in [2.45, 2.75) is 31.7 Å². The summed E-state index contributed by atoms with van der Waals surface area (Å²) in [5.74, 6) is -0.854. The minimum atomic E-state index is -0.618. The van der Waals surface area contributed by atoms with Gasteiger partial charge in [0.05, 0.1) is 18.4 Å². The lowest BCUT2D eigenvalue weighted by Crippen LogP contribution is -2.46. The smallest absolute Gasteiger partial charge is 0.262 e. The zero-order valence-electron chi connectivity index (χ0n) is 18.5. The molecule has 33 heavy (non-hydrogen) atoms. The second kappa shape index (κ2) is 10.4. The summed E-state index contributed by atoms with van der Waals surface area (Å²) in [6.07, 6.45) is 3.03. The predicted octanol–water partition coefficient (Wildman–Crippen LogP) is 4.43. The van der Waals surface area contributed by atoms with Gasteiger partial charge in [-0.2, -0.15) is 5.10 Å². The summed E-state index contributed by atoms with van der Waals surface area (Å²) in [5.41, 5.74) is 1.69. The van der Waals surface area contributed by atoms with E-state index in [0.717, 1.165) is 19.3 Å². The van der Waals surface area contributed by atoms with Crippen LogP contribution in [0, 0.1) is 11.7 Å². The average molecular weight is 472 g/mol. The third-order valence-electron chi connectivity index (χ3n) is 6.27. The molecule has 8 heteroatoms. The minimum Gasteiger partial charge on any atom is -0.383 e. The normalized spacial score (nSPS) is 18.1. The average Bonchev–Trinajstić information content (AvgIpc) is 3.21. The van der Waals surface area contributed by atoms with E-state index in [1.165, 1.54) is 16.0 Å². The number of rotatable bonds is 8. The number of hydrogen-bond donors (Lipinski definition) is 0. The monoisotopic (exact) mass is 471 g/mol. The minimum absolute atomic E-state index is 0.0383. The van der Waals surface area contributed by atoms with Gasteiger partial charge < -0.3 is 9.64 Å². The second-order valence-corrected chi connectivity index (χ2v) is 8.79. The molecule has 0 unspecified atom stereocenters. The highest BCUT2D eigenvalue weighted by Crippen LogP contribution is 2.36. The summed E-state index contributed by atoms with van der Waals surface area (Å²) in [7, 11) is 1.56. The maximum atomic E-state index is 14.7. The molecule has 1 heterocycles. The SMILES string of the molecule is COCCN(CC(=O)N1N=C(c2ccccc2Cl)C[C@@H]1c1ccccc1F)C(=O)C1CCC1. The second-order valence-electron chi connectivity index (χ2n) is 8.39. The number of hydrazone groups is 1. The maximum absolute atomic E-state index is 14.7. The van der Waals surface area contributed by atoms with E-state index >= 15 is 0 Å². The van der Waals surface area contributed by atoms with Gasteiger partial charge in [0.1, 0.15) is 12.4 Å². The molecule has 1 aliphatic carbocycles. The standard InChI is InChI=1S/C25H27ClFN3O3/c1-33-14-13-29(25(32)17-7-6-8-17)16-24(31)30-23(19-10-3-5-12-21(19)27)15-22(28-30)18-9-2-4-11-20(18)26/h2-5,9-12,17,23H,6-8,13-16H2,1H3/t23-/m1/s1. The van der Waals surface area contributed by atoms with E-state index in [1.807, 2.05) is 18.2 Å². The fraction of sp³-hybridized carbons (Fsp3) is 0.400. The molecule has 0 saturated heterocycles. The number of carbonyl (C=O) groups is 2. The summed E-state index contributed by atoms with van der Waals surface area (Å²) in [4.78, 5) is 27.9. The van der Waals surface area contributed by atoms with E-state index in [9.17, 15) is 14.0 Å². The molecule has 2 aromatic rings. The van der Waals surface area contributed by atoms with Crippen LogP contribution in [0.3, 0.4) is 0 Å². The summed E-state index contributed by atoms with van der Waals surface area (Å²) < 4.78 is 19.9. The largest absolute Gasteiger partial charge is 0.383 e. The molecular weight excluding hydrogens is 445 g/mol. The summed E-state index contributed by atoms with van der Waals surface area (Å²) in [6.45, 7) is 0.510. The van der Waals surface area contributed by atoms with Crippen LogP contribution < -0.4 is 0 Å². The Morgan fingerprint density at radius 1 is 1.18 bits per heavy atom. The van der Waals surface area contributed by atoms with Gasteiger partial charge in [-0.3, -0.25) is 9.59 Å². The van der Waals surface area contributed by atoms with Crippen molar-refractivity contribution < 1.29 is 18.7 Å². The van der Waals surface area contributed by atoms with Crippen LogP contribution in [0.2, 0.25) is 5.02 Å². The van der Waals surface area contributed by atoms with E-state index in [2.05, 4.69) is 5.10 Å². The summed E-state index contributed by atoms with van der Waals surface area (Å²) >= 11 is 6.37. The number of hydrogen-bond acceptors (Lipinski definition) is 4. The number of amides is 2. The van der Waals surface area contributed by atoms with Crippen molar-refractivity contribution in [3.8, 4) is 0 Å². The lowest BCUT2D eigenvalue weighted by molar-refractivity contribution is -0.146. The molecule has 1 fully saturated rings. The molecule has 4 rings (SSSR count). The zero-order chi connectivity index (χ0) is 23.4. The van der Waals surface area contributed by atoms with Gasteiger partial charge in [-0.05, 0) is 25.0 Å². The van der Waals surface area contributed by atoms with Crippen molar-refractivity contribution in [1.29, 1.82) is 0 Å². The van der Waals surface area contributed by atoms with Crippen molar-refractivity contribution in [3.63, 3.8) is 0 Å². The molecule has 2 aromatic carbocycles. The fourth-order valence-electron chi connectivity index (χ4n) is 4.20. The lowest BCUT2D eigenvalue weighted by Gasteiger charge is -2.32. The molecule has 174 valence electrons. The van der Waals surface area contributed by atoms with Crippen LogP contribution in [0.5, 0.6) is 0 Å². The number of benzene rings is 2. The van der Waals surface area contributed by atoms with Crippen molar-refractivity contribution in [2.24, 2.45) is 11.0 Å². The van der Waals surface area contributed by atoms with Crippen LogP contribution >= 0.6 is 11.6 Å². The highest BCUT2D eigenvalue weighted by Gasteiger charge is 2.37. The first kappa shape index (κ1) is 23.4. The predicted molar refractivity (Wildman–Crippen MR) is 124 cm³/mol. The molecule has 0 radical (unpaired) electrons. The zero-order valence-corrected chi connectivity index (χ0v) is 19.3. The Morgan fingerprint density at radius 3 is 2.58 bits per heavy atom. The fourth-order valence-corrected chi connectivity index (χ4v) is 4.45. The van der Waals surface area contributed by atoms with Crippen LogP contribution in [0.4, 0.5) is 4.39 Å². The molecule has 6 nitrogen and oxygen atoms in total. The Labute approximate surface area is 198 Å². The van der Waals surface area contributed by atoms with Crippen LogP contribution in [0.25, 0.3) is 0 Å². The molecule has 1 atom stereocenters. The Morgan fingerprint density at radius 2 is 1.91 bits per heavy atom. The molecule has 0 N–H and O–H groups in total. The van der Waals surface area contributed by atoms with Crippen LogP contribution in [0.1, 0.15) is 42.9 Å². The van der Waals surface area contributed by atoms with Crippen LogP contribution in [-0.4, -0.2) is 54.2 Å². The topological polar surface area (TPSA) is 62.2 Å². The van der Waals surface area contributed by atoms with Gasteiger partial charge in [-0.1, -0.05) is 54.4 Å². The highest BCUT2D eigenvalue weighted by molar-refractivity contribution is 6.34. The molecule has 1 saturated carbocycles. The van der Waals surface area contributed by atoms with E-state index in [-0.39, 0.29) is 24.3 Å². The van der Waals surface area contributed by atoms with Crippen LogP contribution in [0.15, 0.2) is 53.6 Å². The Balaban J connectivity index is 1.62. The van der Waals surface area contributed by atoms with Gasteiger partial charge in [0.25, 0.3) is 5.91 Å². The first-order valence-electron chi connectivity index (χ1n) is 11.2. The third kappa shape index (κ3) is 5.09. The number of carbonyl (C=O) groups excluding carboxylic acids is 2. The number of methoxy groups -OCH3 is 1.